The lowest BCUT2D eigenvalue weighted by Gasteiger charge is -2.25. The molecule has 0 spiro atoms. The van der Waals surface area contributed by atoms with Crippen molar-refractivity contribution in [1.82, 2.24) is 4.90 Å². The van der Waals surface area contributed by atoms with E-state index in [9.17, 15) is 4.79 Å². The largest absolute Gasteiger partial charge is 0.493 e. The zero-order valence-electron chi connectivity index (χ0n) is 12.5. The first-order valence-electron chi connectivity index (χ1n) is 7.17. The molecule has 0 saturated carbocycles. The standard InChI is InChI=1S/C18H21NO2/c1-15(16-9-5-3-6-10-16)19(2)18(20)13-14-21-17-11-7-4-8-12-17/h3-12,15H,13-14H2,1-2H3. The van der Waals surface area contributed by atoms with Gasteiger partial charge >= 0.3 is 0 Å². The Bertz CT molecular complexity index is 554. The Labute approximate surface area is 126 Å². The number of carbonyl (C=O) groups excluding carboxylic acids is 1. The Balaban J connectivity index is 1.82. The van der Waals surface area contributed by atoms with Gasteiger partial charge in [-0.25, -0.2) is 0 Å². The van der Waals surface area contributed by atoms with Crippen LogP contribution in [0.25, 0.3) is 0 Å². The molecule has 3 nitrogen and oxygen atoms in total. The molecule has 0 heterocycles. The predicted molar refractivity (Wildman–Crippen MR) is 84.2 cm³/mol. The summed E-state index contributed by atoms with van der Waals surface area (Å²) in [5.74, 6) is 0.881. The minimum atomic E-state index is 0.0652. The number of ether oxygens (including phenoxy) is 1. The number of carbonyl (C=O) groups is 1. The summed E-state index contributed by atoms with van der Waals surface area (Å²) < 4.78 is 5.56. The average molecular weight is 283 g/mol. The molecule has 0 radical (unpaired) electrons. The number of hydrogen-bond donors (Lipinski definition) is 0. The van der Waals surface area contributed by atoms with Crippen molar-refractivity contribution in [2.75, 3.05) is 13.7 Å². The van der Waals surface area contributed by atoms with Gasteiger partial charge in [0.15, 0.2) is 0 Å². The Morgan fingerprint density at radius 2 is 1.62 bits per heavy atom. The lowest BCUT2D eigenvalue weighted by atomic mass is 10.1. The second kappa shape index (κ2) is 7.48. The van der Waals surface area contributed by atoms with Crippen molar-refractivity contribution in [2.24, 2.45) is 0 Å². The number of amides is 1. The van der Waals surface area contributed by atoms with Gasteiger partial charge in [0.25, 0.3) is 0 Å². The molecule has 0 aromatic heterocycles. The zero-order valence-corrected chi connectivity index (χ0v) is 12.5. The Morgan fingerprint density at radius 3 is 2.24 bits per heavy atom. The third-order valence-corrected chi connectivity index (χ3v) is 3.58. The summed E-state index contributed by atoms with van der Waals surface area (Å²) in [7, 11) is 1.84. The number of para-hydroxylation sites is 1. The number of nitrogens with zero attached hydrogens (tertiary/aromatic N) is 1. The summed E-state index contributed by atoms with van der Waals surface area (Å²) in [6.07, 6.45) is 0.378. The molecule has 0 aliphatic carbocycles. The fourth-order valence-corrected chi connectivity index (χ4v) is 2.12. The molecule has 2 aromatic carbocycles. The van der Waals surface area contributed by atoms with Gasteiger partial charge in [0.05, 0.1) is 19.1 Å². The van der Waals surface area contributed by atoms with E-state index in [1.165, 1.54) is 0 Å². The van der Waals surface area contributed by atoms with E-state index in [4.69, 9.17) is 4.74 Å². The normalized spacial score (nSPS) is 11.7. The molecule has 110 valence electrons. The van der Waals surface area contributed by atoms with Gasteiger partial charge < -0.3 is 9.64 Å². The molecule has 1 amide bonds. The Morgan fingerprint density at radius 1 is 1.05 bits per heavy atom. The topological polar surface area (TPSA) is 29.5 Å². The quantitative estimate of drug-likeness (QED) is 0.809. The van der Waals surface area contributed by atoms with Crippen molar-refractivity contribution < 1.29 is 9.53 Å². The maximum Gasteiger partial charge on any atom is 0.226 e. The highest BCUT2D eigenvalue weighted by atomic mass is 16.5. The molecule has 2 aromatic rings. The van der Waals surface area contributed by atoms with Gasteiger partial charge in [-0.1, -0.05) is 48.5 Å². The SMILES string of the molecule is CC(c1ccccc1)N(C)C(=O)CCOc1ccccc1. The van der Waals surface area contributed by atoms with Gasteiger partial charge in [0, 0.05) is 7.05 Å². The third-order valence-electron chi connectivity index (χ3n) is 3.58. The van der Waals surface area contributed by atoms with E-state index in [2.05, 4.69) is 0 Å². The van der Waals surface area contributed by atoms with Gasteiger partial charge in [0.2, 0.25) is 5.91 Å². The molecule has 0 N–H and O–H groups in total. The minimum absolute atomic E-state index is 0.0652. The average Bonchev–Trinajstić information content (AvgIpc) is 2.55. The van der Waals surface area contributed by atoms with Crippen molar-refractivity contribution in [3.05, 3.63) is 66.2 Å². The fourth-order valence-electron chi connectivity index (χ4n) is 2.12. The van der Waals surface area contributed by atoms with Gasteiger partial charge in [-0.2, -0.15) is 0 Å². The smallest absolute Gasteiger partial charge is 0.226 e. The van der Waals surface area contributed by atoms with Crippen LogP contribution in [0.4, 0.5) is 0 Å². The molecule has 0 fully saturated rings. The van der Waals surface area contributed by atoms with Crippen LogP contribution in [-0.2, 0) is 4.79 Å². The van der Waals surface area contributed by atoms with Crippen molar-refractivity contribution in [1.29, 1.82) is 0 Å². The number of benzene rings is 2. The second-order valence-electron chi connectivity index (χ2n) is 5.00. The van der Waals surface area contributed by atoms with Crippen molar-refractivity contribution in [3.8, 4) is 5.75 Å². The highest BCUT2D eigenvalue weighted by molar-refractivity contribution is 5.76. The van der Waals surface area contributed by atoms with Crippen molar-refractivity contribution in [2.45, 2.75) is 19.4 Å². The van der Waals surface area contributed by atoms with Crippen LogP contribution < -0.4 is 4.74 Å². The van der Waals surface area contributed by atoms with Crippen LogP contribution >= 0.6 is 0 Å². The highest BCUT2D eigenvalue weighted by Gasteiger charge is 2.16. The molecule has 0 aliphatic rings. The molecular weight excluding hydrogens is 262 g/mol. The summed E-state index contributed by atoms with van der Waals surface area (Å²) in [4.78, 5) is 14.0. The second-order valence-corrected chi connectivity index (χ2v) is 5.00. The summed E-state index contributed by atoms with van der Waals surface area (Å²) in [5, 5.41) is 0. The van der Waals surface area contributed by atoms with Crippen molar-refractivity contribution >= 4 is 5.91 Å². The highest BCUT2D eigenvalue weighted by Crippen LogP contribution is 2.19. The summed E-state index contributed by atoms with van der Waals surface area (Å²) in [6, 6.07) is 19.6. The van der Waals surface area contributed by atoms with E-state index in [1.54, 1.807) is 4.90 Å². The molecule has 21 heavy (non-hydrogen) atoms. The molecule has 0 bridgehead atoms. The van der Waals surface area contributed by atoms with Gasteiger partial charge in [-0.05, 0) is 24.6 Å². The van der Waals surface area contributed by atoms with E-state index in [1.807, 2.05) is 74.6 Å². The first-order valence-corrected chi connectivity index (χ1v) is 7.17. The van der Waals surface area contributed by atoms with Crippen LogP contribution in [0.1, 0.15) is 24.9 Å². The number of rotatable bonds is 6. The zero-order chi connectivity index (χ0) is 15.1. The summed E-state index contributed by atoms with van der Waals surface area (Å²) in [6.45, 7) is 2.43. The molecule has 3 heteroatoms. The maximum absolute atomic E-state index is 12.2. The Hall–Kier alpha value is -2.29. The van der Waals surface area contributed by atoms with Crippen LogP contribution in [0.3, 0.4) is 0 Å². The molecule has 1 unspecified atom stereocenters. The predicted octanol–water partition coefficient (Wildman–Crippen LogP) is 3.68. The lowest BCUT2D eigenvalue weighted by Crippen LogP contribution is -2.30. The monoisotopic (exact) mass is 283 g/mol. The van der Waals surface area contributed by atoms with Crippen LogP contribution in [0.5, 0.6) is 5.75 Å². The van der Waals surface area contributed by atoms with Crippen molar-refractivity contribution in [3.63, 3.8) is 0 Å². The summed E-state index contributed by atoms with van der Waals surface area (Å²) >= 11 is 0. The molecule has 1 atom stereocenters. The molecule has 2 rings (SSSR count). The first kappa shape index (κ1) is 15.1. The fraction of sp³-hybridized carbons (Fsp3) is 0.278. The Kier molecular flexibility index (Phi) is 5.38. The first-order chi connectivity index (χ1) is 10.2. The van der Waals surface area contributed by atoms with Gasteiger partial charge in [-0.15, -0.1) is 0 Å². The minimum Gasteiger partial charge on any atom is -0.493 e. The van der Waals surface area contributed by atoms with Gasteiger partial charge in [0.1, 0.15) is 5.75 Å². The van der Waals surface area contributed by atoms with E-state index in [0.717, 1.165) is 11.3 Å². The molecule has 0 aliphatic heterocycles. The maximum atomic E-state index is 12.2. The van der Waals surface area contributed by atoms with E-state index in [-0.39, 0.29) is 11.9 Å². The van der Waals surface area contributed by atoms with E-state index >= 15 is 0 Å². The van der Waals surface area contributed by atoms with Gasteiger partial charge in [-0.3, -0.25) is 4.79 Å². The third kappa shape index (κ3) is 4.35. The van der Waals surface area contributed by atoms with E-state index in [0.29, 0.717) is 13.0 Å². The lowest BCUT2D eigenvalue weighted by molar-refractivity contribution is -0.132. The number of hydrogen-bond acceptors (Lipinski definition) is 2. The van der Waals surface area contributed by atoms with Crippen LogP contribution in [0.2, 0.25) is 0 Å². The van der Waals surface area contributed by atoms with Crippen LogP contribution in [-0.4, -0.2) is 24.5 Å². The molecular formula is C18H21NO2. The molecule has 0 saturated heterocycles. The van der Waals surface area contributed by atoms with Crippen LogP contribution in [0.15, 0.2) is 60.7 Å². The van der Waals surface area contributed by atoms with E-state index < -0.39 is 0 Å². The summed E-state index contributed by atoms with van der Waals surface area (Å²) in [5.41, 5.74) is 1.14. The van der Waals surface area contributed by atoms with Crippen LogP contribution in [0, 0.1) is 0 Å².